The summed E-state index contributed by atoms with van der Waals surface area (Å²) in [5, 5.41) is 0. The molecule has 0 amide bonds. The Kier molecular flexibility index (Phi) is 7.78. The van der Waals surface area contributed by atoms with Gasteiger partial charge in [0.05, 0.1) is 7.11 Å². The van der Waals surface area contributed by atoms with Crippen molar-refractivity contribution in [2.45, 2.75) is 34.6 Å². The number of hydrogen-bond donors (Lipinski definition) is 0. The van der Waals surface area contributed by atoms with Crippen LogP contribution < -0.4 is 0 Å². The molecule has 2 heteroatoms. The summed E-state index contributed by atoms with van der Waals surface area (Å²) in [4.78, 5) is 4.15. The topological polar surface area (TPSA) is 21.6 Å². The van der Waals surface area contributed by atoms with Gasteiger partial charge in [-0.15, -0.1) is 0 Å². The molecule has 0 bridgehead atoms. The summed E-state index contributed by atoms with van der Waals surface area (Å²) in [5.41, 5.74) is 3.48. The Balaban J connectivity index is 5.44. The molecule has 0 aliphatic carbocycles. The van der Waals surface area contributed by atoms with Crippen molar-refractivity contribution in [2.75, 3.05) is 7.11 Å². The van der Waals surface area contributed by atoms with Gasteiger partial charge in [0.15, 0.2) is 0 Å². The minimum Gasteiger partial charge on any atom is -0.497 e. The summed E-state index contributed by atoms with van der Waals surface area (Å²) < 4.78 is 5.27. The quantitative estimate of drug-likeness (QED) is 0.391. The van der Waals surface area contributed by atoms with Crippen LogP contribution in [0.2, 0.25) is 0 Å². The van der Waals surface area contributed by atoms with E-state index in [1.54, 1.807) is 13.3 Å². The highest BCUT2D eigenvalue weighted by atomic mass is 16.5. The Hall–Kier alpha value is -1.57. The number of allylic oxidation sites excluding steroid dienone is 6. The van der Waals surface area contributed by atoms with Gasteiger partial charge in [0, 0.05) is 12.4 Å². The molecule has 0 heterocycles. The zero-order valence-corrected chi connectivity index (χ0v) is 11.7. The van der Waals surface area contributed by atoms with Crippen LogP contribution in [0.15, 0.2) is 51.9 Å². The van der Waals surface area contributed by atoms with Gasteiger partial charge in [-0.3, -0.25) is 4.99 Å². The van der Waals surface area contributed by atoms with Gasteiger partial charge in [0.25, 0.3) is 0 Å². The van der Waals surface area contributed by atoms with Crippen LogP contribution in [-0.2, 0) is 4.74 Å². The second kappa shape index (κ2) is 8.57. The summed E-state index contributed by atoms with van der Waals surface area (Å²) in [6, 6.07) is 0. The molecule has 94 valence electrons. The minimum atomic E-state index is 0.856. The van der Waals surface area contributed by atoms with E-state index in [1.165, 1.54) is 5.57 Å². The Morgan fingerprint density at radius 3 is 2.06 bits per heavy atom. The lowest BCUT2D eigenvalue weighted by Gasteiger charge is -2.09. The minimum absolute atomic E-state index is 0.856. The summed E-state index contributed by atoms with van der Waals surface area (Å²) in [6.07, 6.45) is 9.70. The molecule has 0 aromatic carbocycles. The molecule has 0 rings (SSSR count). The number of hydrogen-bond acceptors (Lipinski definition) is 2. The first-order chi connectivity index (χ1) is 8.10. The van der Waals surface area contributed by atoms with Gasteiger partial charge in [-0.1, -0.05) is 6.08 Å². The predicted molar refractivity (Wildman–Crippen MR) is 76.2 cm³/mol. The zero-order chi connectivity index (χ0) is 13.3. The molecule has 0 saturated carbocycles. The average Bonchev–Trinajstić information content (AvgIpc) is 2.36. The molecule has 0 saturated heterocycles. The zero-order valence-electron chi connectivity index (χ0n) is 11.7. The van der Waals surface area contributed by atoms with Gasteiger partial charge < -0.3 is 4.74 Å². The monoisotopic (exact) mass is 233 g/mol. The maximum absolute atomic E-state index is 5.27. The van der Waals surface area contributed by atoms with E-state index in [1.807, 2.05) is 39.1 Å². The van der Waals surface area contributed by atoms with Crippen LogP contribution in [0.4, 0.5) is 0 Å². The fraction of sp³-hybridized carbons (Fsp3) is 0.400. The van der Waals surface area contributed by atoms with E-state index in [4.69, 9.17) is 4.74 Å². The van der Waals surface area contributed by atoms with Gasteiger partial charge in [0.2, 0.25) is 0 Å². The van der Waals surface area contributed by atoms with E-state index in [0.29, 0.717) is 0 Å². The molecule has 17 heavy (non-hydrogen) atoms. The predicted octanol–water partition coefficient (Wildman–Crippen LogP) is 4.42. The van der Waals surface area contributed by atoms with Crippen LogP contribution in [0, 0.1) is 0 Å². The number of nitrogens with zero attached hydrogens (tertiary/aromatic N) is 1. The molecule has 2 nitrogen and oxygen atoms in total. The molecule has 0 fully saturated rings. The number of methoxy groups -OCH3 is 1. The first-order valence-corrected chi connectivity index (χ1v) is 5.80. The van der Waals surface area contributed by atoms with E-state index < -0.39 is 0 Å². The Bertz CT molecular complexity index is 382. The molecular formula is C15H23NO. The van der Waals surface area contributed by atoms with Crippen molar-refractivity contribution in [3.8, 4) is 0 Å². The van der Waals surface area contributed by atoms with Crippen molar-refractivity contribution in [1.82, 2.24) is 0 Å². The standard InChI is InChI=1S/C15H23NO/c1-7-12(4)15(10-14(8-2)17-6)13(5)11-16-9-3/h7-11H,1-6H3/b12-7+,13-11+,14-8+,15-10-,16-9?. The third-order valence-electron chi connectivity index (χ3n) is 2.51. The molecule has 0 aliphatic heterocycles. The first-order valence-electron chi connectivity index (χ1n) is 5.80. The normalized spacial score (nSPS) is 15.6. The molecule has 0 spiro atoms. The smallest absolute Gasteiger partial charge is 0.115 e. The Labute approximate surface area is 105 Å². The Morgan fingerprint density at radius 1 is 1.00 bits per heavy atom. The van der Waals surface area contributed by atoms with E-state index in [-0.39, 0.29) is 0 Å². The van der Waals surface area contributed by atoms with E-state index in [2.05, 4.69) is 24.9 Å². The van der Waals surface area contributed by atoms with Crippen LogP contribution >= 0.6 is 0 Å². The maximum atomic E-state index is 5.27. The molecule has 0 unspecified atom stereocenters. The van der Waals surface area contributed by atoms with Crippen molar-refractivity contribution in [3.63, 3.8) is 0 Å². The van der Waals surface area contributed by atoms with E-state index >= 15 is 0 Å². The van der Waals surface area contributed by atoms with Gasteiger partial charge in [-0.25, -0.2) is 0 Å². The SMILES string of the molecule is CC=N/C=C(C)/C(=C\C(=C/C)OC)C(/C)=C/C. The first kappa shape index (κ1) is 15.4. The third-order valence-corrected chi connectivity index (χ3v) is 2.51. The second-order valence-electron chi connectivity index (χ2n) is 3.64. The highest BCUT2D eigenvalue weighted by Crippen LogP contribution is 2.21. The van der Waals surface area contributed by atoms with Gasteiger partial charge in [0.1, 0.15) is 5.76 Å². The third kappa shape index (κ3) is 5.34. The molecule has 0 aliphatic rings. The van der Waals surface area contributed by atoms with Crippen LogP contribution in [0.1, 0.15) is 34.6 Å². The lowest BCUT2D eigenvalue weighted by molar-refractivity contribution is 0.306. The number of ether oxygens (including phenoxy) is 1. The van der Waals surface area contributed by atoms with E-state index in [0.717, 1.165) is 16.9 Å². The van der Waals surface area contributed by atoms with Gasteiger partial charge in [-0.2, -0.15) is 0 Å². The van der Waals surface area contributed by atoms with E-state index in [9.17, 15) is 0 Å². The highest BCUT2D eigenvalue weighted by Gasteiger charge is 2.03. The van der Waals surface area contributed by atoms with Crippen molar-refractivity contribution >= 4 is 6.21 Å². The lowest BCUT2D eigenvalue weighted by Crippen LogP contribution is -1.92. The molecule has 0 N–H and O–H groups in total. The van der Waals surface area contributed by atoms with Crippen LogP contribution in [0.3, 0.4) is 0 Å². The number of aliphatic imine (C=N–C) groups is 1. The highest BCUT2D eigenvalue weighted by molar-refractivity contribution is 5.55. The maximum Gasteiger partial charge on any atom is 0.115 e. The van der Waals surface area contributed by atoms with Crippen LogP contribution in [-0.4, -0.2) is 13.3 Å². The summed E-state index contributed by atoms with van der Waals surface area (Å²) >= 11 is 0. The second-order valence-corrected chi connectivity index (χ2v) is 3.64. The van der Waals surface area contributed by atoms with Crippen molar-refractivity contribution < 1.29 is 4.74 Å². The van der Waals surface area contributed by atoms with Crippen molar-refractivity contribution in [3.05, 3.63) is 46.9 Å². The molecular weight excluding hydrogens is 210 g/mol. The Morgan fingerprint density at radius 2 is 1.65 bits per heavy atom. The number of rotatable bonds is 5. The van der Waals surface area contributed by atoms with Gasteiger partial charge in [-0.05, 0) is 63.5 Å². The fourth-order valence-electron chi connectivity index (χ4n) is 1.35. The average molecular weight is 233 g/mol. The summed E-state index contributed by atoms with van der Waals surface area (Å²) in [7, 11) is 1.68. The molecule has 0 atom stereocenters. The fourth-order valence-corrected chi connectivity index (χ4v) is 1.35. The summed E-state index contributed by atoms with van der Waals surface area (Å²) in [6.45, 7) is 10.0. The largest absolute Gasteiger partial charge is 0.497 e. The van der Waals surface area contributed by atoms with Crippen LogP contribution in [0.25, 0.3) is 0 Å². The van der Waals surface area contributed by atoms with Gasteiger partial charge >= 0.3 is 0 Å². The molecule has 0 radical (unpaired) electrons. The molecule has 0 aromatic heterocycles. The van der Waals surface area contributed by atoms with Crippen molar-refractivity contribution in [2.24, 2.45) is 4.99 Å². The molecule has 0 aromatic rings. The van der Waals surface area contributed by atoms with Crippen molar-refractivity contribution in [1.29, 1.82) is 0 Å². The summed E-state index contributed by atoms with van der Waals surface area (Å²) in [5.74, 6) is 0.856. The lowest BCUT2D eigenvalue weighted by atomic mass is 10.00. The van der Waals surface area contributed by atoms with Crippen LogP contribution in [0.5, 0.6) is 0 Å².